The van der Waals surface area contributed by atoms with E-state index >= 15 is 0 Å². The molecule has 28 heavy (non-hydrogen) atoms. The number of pyridine rings is 1. The Kier molecular flexibility index (Phi) is 4.99. The van der Waals surface area contributed by atoms with E-state index in [9.17, 15) is 18.0 Å². The number of hydrogen-bond acceptors (Lipinski definition) is 4. The SMILES string of the molecule is O=C(C1CCCN(c2ncccc2C(F)(F)F)C1)N1CCCC1c1ccn[nH]1. The molecule has 150 valence electrons. The summed E-state index contributed by atoms with van der Waals surface area (Å²) in [6.07, 6.45) is 1.67. The maximum absolute atomic E-state index is 13.4. The molecule has 2 aromatic heterocycles. The third-order valence-electron chi connectivity index (χ3n) is 5.58. The van der Waals surface area contributed by atoms with Gasteiger partial charge in [-0.1, -0.05) is 0 Å². The van der Waals surface area contributed by atoms with E-state index in [4.69, 9.17) is 0 Å². The average Bonchev–Trinajstić information content (AvgIpc) is 3.38. The highest BCUT2D eigenvalue weighted by molar-refractivity contribution is 5.80. The molecule has 0 spiro atoms. The van der Waals surface area contributed by atoms with Gasteiger partial charge >= 0.3 is 6.18 Å². The number of anilines is 1. The first-order valence-corrected chi connectivity index (χ1v) is 9.52. The van der Waals surface area contributed by atoms with Crippen molar-refractivity contribution in [2.75, 3.05) is 24.5 Å². The number of carbonyl (C=O) groups excluding carboxylic acids is 1. The van der Waals surface area contributed by atoms with Crippen LogP contribution in [0.2, 0.25) is 0 Å². The zero-order valence-corrected chi connectivity index (χ0v) is 15.3. The smallest absolute Gasteiger partial charge is 0.355 e. The standard InChI is InChI=1S/C19H22F3N5O/c20-19(21,22)14-5-1-8-23-17(14)26-10-2-4-13(12-26)18(28)27-11-3-6-16(27)15-7-9-24-25-15/h1,5,7-9,13,16H,2-4,6,10-12H2,(H,24,25). The lowest BCUT2D eigenvalue weighted by Crippen LogP contribution is -2.45. The molecule has 0 radical (unpaired) electrons. The van der Waals surface area contributed by atoms with E-state index in [2.05, 4.69) is 15.2 Å². The fourth-order valence-corrected chi connectivity index (χ4v) is 4.28. The number of carbonyl (C=O) groups is 1. The topological polar surface area (TPSA) is 65.1 Å². The predicted molar refractivity (Wildman–Crippen MR) is 96.5 cm³/mol. The number of hydrogen-bond donors (Lipinski definition) is 1. The van der Waals surface area contributed by atoms with Gasteiger partial charge in [0.2, 0.25) is 5.91 Å². The van der Waals surface area contributed by atoms with Gasteiger partial charge in [-0.15, -0.1) is 0 Å². The van der Waals surface area contributed by atoms with Crippen LogP contribution >= 0.6 is 0 Å². The summed E-state index contributed by atoms with van der Waals surface area (Å²) in [6, 6.07) is 4.17. The molecule has 1 N–H and O–H groups in total. The molecule has 0 aliphatic carbocycles. The molecule has 4 heterocycles. The Bertz CT molecular complexity index is 823. The van der Waals surface area contributed by atoms with Crippen molar-refractivity contribution >= 4 is 11.7 Å². The fraction of sp³-hybridized carbons (Fsp3) is 0.526. The van der Waals surface area contributed by atoms with Gasteiger partial charge in [0, 0.05) is 32.0 Å². The minimum atomic E-state index is -4.47. The van der Waals surface area contributed by atoms with Crippen LogP contribution in [0.25, 0.3) is 0 Å². The zero-order chi connectivity index (χ0) is 19.7. The molecule has 6 nitrogen and oxygen atoms in total. The van der Waals surface area contributed by atoms with E-state index in [1.165, 1.54) is 12.3 Å². The highest BCUT2D eigenvalue weighted by atomic mass is 19.4. The summed E-state index contributed by atoms with van der Waals surface area (Å²) in [6.45, 7) is 1.38. The van der Waals surface area contributed by atoms with Gasteiger partial charge in [0.05, 0.1) is 23.2 Å². The second-order valence-corrected chi connectivity index (χ2v) is 7.36. The molecule has 2 aliphatic rings. The summed E-state index contributed by atoms with van der Waals surface area (Å²) in [7, 11) is 0. The Hall–Kier alpha value is -2.58. The van der Waals surface area contributed by atoms with E-state index < -0.39 is 11.7 Å². The molecule has 2 aliphatic heterocycles. The molecule has 2 atom stereocenters. The molecule has 4 rings (SSSR count). The number of H-pyrrole nitrogens is 1. The van der Waals surface area contributed by atoms with E-state index in [0.717, 1.165) is 24.6 Å². The molecule has 2 unspecified atom stereocenters. The highest BCUT2D eigenvalue weighted by Crippen LogP contribution is 2.38. The van der Waals surface area contributed by atoms with Crippen LogP contribution in [0.1, 0.15) is 43.0 Å². The van der Waals surface area contributed by atoms with Gasteiger partial charge in [-0.05, 0) is 43.9 Å². The summed E-state index contributed by atoms with van der Waals surface area (Å²) < 4.78 is 40.1. The lowest BCUT2D eigenvalue weighted by atomic mass is 9.95. The maximum Gasteiger partial charge on any atom is 0.419 e. The monoisotopic (exact) mass is 393 g/mol. The molecule has 2 saturated heterocycles. The van der Waals surface area contributed by atoms with Crippen molar-refractivity contribution in [1.82, 2.24) is 20.1 Å². The first-order chi connectivity index (χ1) is 13.4. The van der Waals surface area contributed by atoms with Gasteiger partial charge in [0.1, 0.15) is 5.82 Å². The zero-order valence-electron chi connectivity index (χ0n) is 15.3. The van der Waals surface area contributed by atoms with Gasteiger partial charge in [-0.2, -0.15) is 18.3 Å². The Morgan fingerprint density at radius 2 is 1.96 bits per heavy atom. The van der Waals surface area contributed by atoms with Crippen molar-refractivity contribution in [2.45, 2.75) is 37.9 Å². The summed E-state index contributed by atoms with van der Waals surface area (Å²) in [5.74, 6) is -0.411. The largest absolute Gasteiger partial charge is 0.419 e. The van der Waals surface area contributed by atoms with Crippen molar-refractivity contribution in [3.63, 3.8) is 0 Å². The van der Waals surface area contributed by atoms with E-state index in [1.54, 1.807) is 11.1 Å². The average molecular weight is 393 g/mol. The molecular formula is C19H22F3N5O. The van der Waals surface area contributed by atoms with Crippen LogP contribution in [0.3, 0.4) is 0 Å². The van der Waals surface area contributed by atoms with Crippen molar-refractivity contribution in [3.05, 3.63) is 41.9 Å². The minimum Gasteiger partial charge on any atom is -0.355 e. The molecule has 9 heteroatoms. The van der Waals surface area contributed by atoms with Gasteiger partial charge < -0.3 is 9.80 Å². The number of amides is 1. The summed E-state index contributed by atoms with van der Waals surface area (Å²) in [4.78, 5) is 20.6. The lowest BCUT2D eigenvalue weighted by molar-refractivity contribution is -0.137. The van der Waals surface area contributed by atoms with Crippen LogP contribution < -0.4 is 4.90 Å². The second kappa shape index (κ2) is 7.44. The fourth-order valence-electron chi connectivity index (χ4n) is 4.28. The molecule has 0 bridgehead atoms. The van der Waals surface area contributed by atoms with Crippen LogP contribution in [0.4, 0.5) is 19.0 Å². The van der Waals surface area contributed by atoms with Crippen molar-refractivity contribution in [3.8, 4) is 0 Å². The molecule has 2 fully saturated rings. The molecule has 2 aromatic rings. The van der Waals surface area contributed by atoms with Crippen LogP contribution in [0.15, 0.2) is 30.6 Å². The second-order valence-electron chi connectivity index (χ2n) is 7.36. The minimum absolute atomic E-state index is 0.00582. The van der Waals surface area contributed by atoms with Crippen molar-refractivity contribution in [2.24, 2.45) is 5.92 Å². The number of aromatic nitrogens is 3. The van der Waals surface area contributed by atoms with Crippen molar-refractivity contribution < 1.29 is 18.0 Å². The summed E-state index contributed by atoms with van der Waals surface area (Å²) in [5, 5.41) is 6.91. The Balaban J connectivity index is 1.52. The highest BCUT2D eigenvalue weighted by Gasteiger charge is 2.39. The quantitative estimate of drug-likeness (QED) is 0.868. The van der Waals surface area contributed by atoms with Crippen LogP contribution in [-0.2, 0) is 11.0 Å². The van der Waals surface area contributed by atoms with Gasteiger partial charge in [-0.25, -0.2) is 4.98 Å². The first kappa shape index (κ1) is 18.8. The summed E-state index contributed by atoms with van der Waals surface area (Å²) in [5.41, 5.74) is 0.155. The molecule has 0 aromatic carbocycles. The number of likely N-dealkylation sites (tertiary alicyclic amines) is 1. The van der Waals surface area contributed by atoms with Crippen LogP contribution in [0, 0.1) is 5.92 Å². The molecular weight excluding hydrogens is 371 g/mol. The van der Waals surface area contributed by atoms with E-state index in [0.29, 0.717) is 25.9 Å². The Morgan fingerprint density at radius 3 is 2.71 bits per heavy atom. The van der Waals surface area contributed by atoms with E-state index in [-0.39, 0.29) is 30.2 Å². The van der Waals surface area contributed by atoms with Gasteiger partial charge in [0.25, 0.3) is 0 Å². The third kappa shape index (κ3) is 3.57. The lowest BCUT2D eigenvalue weighted by Gasteiger charge is -2.36. The maximum atomic E-state index is 13.4. The number of nitrogens with zero attached hydrogens (tertiary/aromatic N) is 4. The number of alkyl halides is 3. The molecule has 0 saturated carbocycles. The first-order valence-electron chi connectivity index (χ1n) is 9.52. The summed E-state index contributed by atoms with van der Waals surface area (Å²) >= 11 is 0. The Labute approximate surface area is 160 Å². The normalized spacial score (nSPS) is 23.2. The van der Waals surface area contributed by atoms with Crippen LogP contribution in [0.5, 0.6) is 0 Å². The number of nitrogens with one attached hydrogen (secondary N) is 1. The number of rotatable bonds is 3. The van der Waals surface area contributed by atoms with Crippen molar-refractivity contribution in [1.29, 1.82) is 0 Å². The Morgan fingerprint density at radius 1 is 1.14 bits per heavy atom. The van der Waals surface area contributed by atoms with Gasteiger partial charge in [0.15, 0.2) is 0 Å². The number of halogens is 3. The van der Waals surface area contributed by atoms with Gasteiger partial charge in [-0.3, -0.25) is 9.89 Å². The molecule has 1 amide bonds. The number of aromatic amines is 1. The third-order valence-corrected chi connectivity index (χ3v) is 5.58. The van der Waals surface area contributed by atoms with Crippen LogP contribution in [-0.4, -0.2) is 45.6 Å². The van der Waals surface area contributed by atoms with E-state index in [1.807, 2.05) is 11.0 Å². The predicted octanol–water partition coefficient (Wildman–Crippen LogP) is 3.40. The number of piperidine rings is 1.